The van der Waals surface area contributed by atoms with Crippen LogP contribution < -0.4 is 108 Å². The number of benzene rings is 8. The number of hydrogen-bond acceptors (Lipinski definition) is 25. The minimum atomic E-state index is -3.87. The van der Waals surface area contributed by atoms with Crippen LogP contribution in [0.15, 0.2) is 176 Å². The van der Waals surface area contributed by atoms with E-state index in [9.17, 15) is 59.9 Å². The predicted octanol–water partition coefficient (Wildman–Crippen LogP) is 19.9. The fourth-order valence-electron chi connectivity index (χ4n) is 17.6. The van der Waals surface area contributed by atoms with Gasteiger partial charge in [0.25, 0.3) is 0 Å². The first-order valence-corrected chi connectivity index (χ1v) is 55.3. The average molecular weight is 2420 g/mol. The number of carbonyl (C=O) groups excluding carboxylic acids is 8. The zero-order chi connectivity index (χ0) is 108. The number of hydrogen-bond donors (Lipinski definition) is 7. The van der Waals surface area contributed by atoms with Crippen LogP contribution in [0.25, 0.3) is 33.1 Å². The second kappa shape index (κ2) is 57.5. The largest absolute Gasteiger partial charge is 1.00 e. The van der Waals surface area contributed by atoms with Gasteiger partial charge in [-0.1, -0.05) is 53.9 Å². The zero-order valence-electron chi connectivity index (χ0n) is 89.6. The normalized spacial score (nSPS) is 16.0. The van der Waals surface area contributed by atoms with Crippen LogP contribution in [0.4, 0.5) is 41.9 Å². The Kier molecular flexibility index (Phi) is 49.6. The predicted molar refractivity (Wildman–Crippen MR) is 594 cm³/mol. The molecule has 0 unspecified atom stereocenters. The molecule has 0 radical (unpaired) electrons. The molecule has 28 nitrogen and oxygen atoms in total. The van der Waals surface area contributed by atoms with Gasteiger partial charge < -0.3 is 83.3 Å². The van der Waals surface area contributed by atoms with E-state index in [4.69, 9.17) is 34.2 Å². The molecule has 5 aliphatic rings. The third-order valence-corrected chi connectivity index (χ3v) is 28.8. The summed E-state index contributed by atoms with van der Waals surface area (Å²) in [7, 11) is -3.87. The van der Waals surface area contributed by atoms with E-state index in [0.717, 1.165) is 122 Å². The van der Waals surface area contributed by atoms with E-state index in [1.165, 1.54) is 143 Å². The van der Waals surface area contributed by atoms with E-state index < -0.39 is 79.2 Å². The van der Waals surface area contributed by atoms with Crippen LogP contribution in [0.5, 0.6) is 0 Å². The molecule has 5 atom stereocenters. The van der Waals surface area contributed by atoms with Crippen molar-refractivity contribution < 1.29 is 175 Å². The second-order valence-corrected chi connectivity index (χ2v) is 50.4. The van der Waals surface area contributed by atoms with Gasteiger partial charge in [0.2, 0.25) is 9.84 Å². The van der Waals surface area contributed by atoms with Crippen molar-refractivity contribution >= 4 is 184 Å². The van der Waals surface area contributed by atoms with Gasteiger partial charge >= 0.3 is 118 Å². The van der Waals surface area contributed by atoms with Gasteiger partial charge in [-0.25, -0.2) is 74.4 Å². The van der Waals surface area contributed by atoms with Crippen molar-refractivity contribution in [3.8, 4) is 0 Å². The van der Waals surface area contributed by atoms with Crippen molar-refractivity contribution in [2.75, 3.05) is 32.7 Å². The van der Waals surface area contributed by atoms with E-state index in [0.29, 0.717) is 86.5 Å². The Morgan fingerprint density at radius 3 is 1.24 bits per heavy atom. The van der Waals surface area contributed by atoms with Crippen LogP contribution in [-0.2, 0) is 92.6 Å². The molecule has 3 heterocycles. The molecule has 8 aromatic carbocycles. The van der Waals surface area contributed by atoms with E-state index >= 15 is 0 Å². The average Bonchev–Trinajstić information content (AvgIpc) is 1.36. The standard InChI is InChI=1S/C28H34FN3O4S.C18H18FN3O2S.C18H25NO3S.C16H22INO2.C16H23NO2S.C12H12FIN2O2.C2H4OS.K.Na.H2O/c1-27(2,3)35-25(33)30-15-18-9-7-8-17-12-20(10-11-21(17)18)37-23-14-19(29)13-22-24(23)31-16-32(22)26(34)36-28(4,5)6;19-13-7-16-18(22-10-21-16)17(8-13)25(23,24)14-4-5-15-11(6-14)2-1-3-12(15)9-20;1-12(20)23-15-8-9-16-13(10-15)6-5-7-14(16)11-19-17(21)22-18(2,3)4;1-16(2,3)20-15(19)18-10-12-6-4-5-11-9-13(17)7-8-14(11)12;1-16(2,3)19-15(18)17-10-12-6-4-5-11-9-13(20)7-8-14(11)12;1-12(2,3)18-11(17)16-6-15-10-8(14)4-7(13)5-9(10)16;1-2(3)4;;;/h10-14,16,18H,7-9,15H2,1-6H3,(H,30,33);4-8,10,12H,1-3,9,20H2,(H,21,22);8-10,14H,5-7,11H2,1-4H3,(H,19,21);7-9,12H,4-6,10H2,1-3H3,(H,18,19);7-9,12,20H,4-6,10H2,1-3H3,(H,17,18);4-6H,1-3H3;1H3,(H,3,4);;;1H2/q;;;;;;;2*+1;/p-2/t18-;12-;14-;2*12-;;;;;/m00000...../s1. The van der Waals surface area contributed by atoms with Gasteiger partial charge in [0.05, 0.1) is 27.8 Å². The summed E-state index contributed by atoms with van der Waals surface area (Å²) in [5.74, 6) is 0.0970. The number of amides is 4. The van der Waals surface area contributed by atoms with Crippen LogP contribution in [0.2, 0.25) is 0 Å². The van der Waals surface area contributed by atoms with Gasteiger partial charge in [0.1, 0.15) is 85.2 Å². The third kappa shape index (κ3) is 40.6. The maximum absolute atomic E-state index is 14.6. The molecule has 11 aromatic rings. The van der Waals surface area contributed by atoms with E-state index in [-0.39, 0.29) is 142 Å². The number of imidazole rings is 3. The first-order valence-electron chi connectivity index (χ1n) is 49.2. The Labute approximate surface area is 990 Å². The number of H-pyrrole nitrogens is 1. The molecule has 0 spiro atoms. The number of nitrogens with two attached hydrogens (primary N) is 1. The van der Waals surface area contributed by atoms with Crippen molar-refractivity contribution in [2.24, 2.45) is 5.73 Å². The molecule has 0 aliphatic heterocycles. The number of nitrogens with one attached hydrogen (secondary N) is 5. The SMILES string of the molecule is CC(=O)Sc1ccc2c(c1)CCC[C@H]2CNC(=O)OC(C)(C)C.CC(=O)[S-].CC(C)(C)OC(=O)NC[C@@H]1CCCc2cc(I)ccc21.CC(C)(C)OC(=O)NC[C@@H]1CCCc2cc(S)ccc21.CC(C)(C)OC(=O)NC[C@@H]1CCCc2cc(Sc3cc(F)cc4c3ncn4C(=O)OC(C)(C)C)ccc21.CC(C)(C)OC(=O)n1cnc2c(I)cc(F)cc21.NC[C@@H]1CCCc2cc(S(=O)(=O)c3cc(F)cc4[nH]cnc34)ccc21.[K+].[Na+].[OH-]. The molecular weight excluding hydrogens is 2280 g/mol. The van der Waals surface area contributed by atoms with Gasteiger partial charge in [0.15, 0.2) is 5.12 Å². The maximum Gasteiger partial charge on any atom is 1.00 e. The van der Waals surface area contributed by atoms with Gasteiger partial charge in [-0.3, -0.25) is 4.79 Å². The number of aryl methyl sites for hydroxylation is 5. The number of ether oxygens (including phenoxy) is 6. The summed E-state index contributed by atoms with van der Waals surface area (Å²) >= 11 is 15.4. The fraction of sp³-hybridized carbons (Fsp3) is 0.464. The molecule has 4 amide bonds. The van der Waals surface area contributed by atoms with Crippen molar-refractivity contribution in [1.82, 2.24) is 50.3 Å². The Balaban J connectivity index is 0.000000245. The van der Waals surface area contributed by atoms with Crippen LogP contribution >= 0.6 is 81.3 Å². The molecule has 40 heteroatoms. The van der Waals surface area contributed by atoms with Gasteiger partial charge in [-0.15, -0.1) is 12.6 Å². The number of halogens is 5. The summed E-state index contributed by atoms with van der Waals surface area (Å²) in [5.41, 5.74) is 17.8. The Hall–Kier alpha value is -7.44. The number of rotatable bonds is 14. The van der Waals surface area contributed by atoms with Crippen LogP contribution in [0.3, 0.4) is 0 Å². The number of sulfone groups is 1. The third-order valence-electron chi connectivity index (χ3n) is 23.5. The number of carbonyl (C=O) groups is 8. The van der Waals surface area contributed by atoms with E-state index in [1.807, 2.05) is 130 Å². The van der Waals surface area contributed by atoms with Gasteiger partial charge in [-0.2, -0.15) is 0 Å². The molecule has 0 fully saturated rings. The molecule has 16 rings (SSSR count). The molecule has 150 heavy (non-hydrogen) atoms. The maximum atomic E-state index is 14.6. The fourth-order valence-corrected chi connectivity index (χ4v) is 22.3. The summed E-state index contributed by atoms with van der Waals surface area (Å²) in [6.07, 6.45) is 17.3. The number of nitrogens with zero attached hydrogens (tertiary/aromatic N) is 5. The van der Waals surface area contributed by atoms with E-state index in [1.54, 1.807) is 60.6 Å². The number of fused-ring (bicyclic) bond motifs is 8. The quantitative estimate of drug-likeness (QED) is 0.0133. The van der Waals surface area contributed by atoms with Crippen LogP contribution in [0, 0.1) is 24.6 Å². The minimum Gasteiger partial charge on any atom is -0.870 e. The molecule has 0 saturated heterocycles. The van der Waals surface area contributed by atoms with Crippen molar-refractivity contribution in [3.05, 3.63) is 227 Å². The molecule has 0 bridgehead atoms. The number of thiol groups is 1. The monoisotopic (exact) mass is 2420 g/mol. The summed E-state index contributed by atoms with van der Waals surface area (Å²) in [4.78, 5) is 111. The number of thioether (sulfide) groups is 1. The smallest absolute Gasteiger partial charge is 0.870 e. The van der Waals surface area contributed by atoms with Crippen molar-refractivity contribution in [2.45, 2.75) is 327 Å². The minimum absolute atomic E-state index is 0. The number of aromatic amines is 1. The first kappa shape index (κ1) is 129. The first-order chi connectivity index (χ1) is 68.7. The van der Waals surface area contributed by atoms with Crippen LogP contribution in [0.1, 0.15) is 288 Å². The Morgan fingerprint density at radius 2 is 0.813 bits per heavy atom. The Morgan fingerprint density at radius 1 is 0.460 bits per heavy atom. The Bertz CT molecular complexity index is 6580. The van der Waals surface area contributed by atoms with Gasteiger partial charge in [-0.05, 0) is 426 Å². The topological polar surface area (TPSA) is 395 Å². The molecule has 5 aliphatic carbocycles. The molecule has 3 aromatic heterocycles. The summed E-state index contributed by atoms with van der Waals surface area (Å²) in [5, 5.41) is 11.4. The molecule has 0 saturated carbocycles. The zero-order valence-corrected chi connectivity index (χ0v) is 103. The van der Waals surface area contributed by atoms with E-state index in [2.05, 4.69) is 144 Å². The molecular formula is C110H138F3I2KN11NaO17S5. The second-order valence-electron chi connectivity index (χ2n) is 42.6. The van der Waals surface area contributed by atoms with Crippen molar-refractivity contribution in [1.29, 1.82) is 0 Å². The molecule has 802 valence electrons. The van der Waals surface area contributed by atoms with Gasteiger partial charge in [0, 0.05) is 101 Å². The number of alkyl carbamates (subject to hydrolysis) is 4. The number of aromatic nitrogens is 6. The van der Waals surface area contributed by atoms with Crippen LogP contribution in [-0.4, -0.2) is 156 Å². The summed E-state index contributed by atoms with van der Waals surface area (Å²) in [6, 6.07) is 38.1. The molecule has 8 N–H and O–H groups in total. The summed E-state index contributed by atoms with van der Waals surface area (Å²) in [6.45, 7) is 38.9. The van der Waals surface area contributed by atoms with Crippen molar-refractivity contribution in [3.63, 3.8) is 0 Å². The summed E-state index contributed by atoms with van der Waals surface area (Å²) < 4.78 is 104.